The van der Waals surface area contributed by atoms with Crippen LogP contribution in [0.5, 0.6) is 5.75 Å². The van der Waals surface area contributed by atoms with Crippen LogP contribution in [0.25, 0.3) is 5.76 Å². The number of hydrogen-bond donors (Lipinski definition) is 5. The van der Waals surface area contributed by atoms with E-state index in [1.807, 2.05) is 19.0 Å². The van der Waals surface area contributed by atoms with Crippen LogP contribution in [0.4, 0.5) is 11.4 Å². The number of fused-ring (bicyclic) bond motifs is 3. The summed E-state index contributed by atoms with van der Waals surface area (Å²) < 4.78 is 0. The number of phenols is 1. The summed E-state index contributed by atoms with van der Waals surface area (Å²) in [4.78, 5) is 58.6. The first kappa shape index (κ1) is 30.6. The molecule has 0 radical (unpaired) electrons. The predicted octanol–water partition coefficient (Wildman–Crippen LogP) is 1.73. The van der Waals surface area contributed by atoms with Crippen LogP contribution in [0.15, 0.2) is 23.0 Å². The molecule has 0 aromatic heterocycles. The van der Waals surface area contributed by atoms with Gasteiger partial charge in [-0.05, 0) is 82.8 Å². The van der Waals surface area contributed by atoms with Crippen molar-refractivity contribution in [3.8, 4) is 5.75 Å². The molecule has 2 fully saturated rings. The second kappa shape index (κ2) is 11.3. The number of amides is 2. The molecule has 0 bridgehead atoms. The molecule has 1 aromatic carbocycles. The molecule has 4 aliphatic rings. The monoisotopic (exact) mass is 595 g/mol. The minimum Gasteiger partial charge on any atom is -0.510 e. The smallest absolute Gasteiger partial charge is 0.255 e. The van der Waals surface area contributed by atoms with E-state index in [2.05, 4.69) is 17.1 Å². The molecule has 0 spiro atoms. The topological polar surface area (TPSA) is 177 Å². The van der Waals surface area contributed by atoms with Gasteiger partial charge < -0.3 is 31.3 Å². The first-order chi connectivity index (χ1) is 20.3. The third-order valence-electron chi connectivity index (χ3n) is 9.46. The number of Topliss-reactive ketones (excluding diaryl/α,β-unsaturated/α-hetero) is 2. The van der Waals surface area contributed by atoms with Gasteiger partial charge >= 0.3 is 0 Å². The molecule has 2 amide bonds. The second-order valence-corrected chi connectivity index (χ2v) is 12.5. The van der Waals surface area contributed by atoms with Crippen molar-refractivity contribution in [3.63, 3.8) is 0 Å². The number of benzene rings is 1. The Bertz CT molecular complexity index is 1460. The molecular formula is C31H41N5O7. The first-order valence-electron chi connectivity index (χ1n) is 14.8. The molecule has 5 atom stereocenters. The van der Waals surface area contributed by atoms with Gasteiger partial charge in [-0.1, -0.05) is 6.92 Å². The lowest BCUT2D eigenvalue weighted by atomic mass is 9.59. The van der Waals surface area contributed by atoms with Gasteiger partial charge in [0.25, 0.3) is 5.91 Å². The maximum Gasteiger partial charge on any atom is 0.255 e. The second-order valence-electron chi connectivity index (χ2n) is 12.5. The number of rotatable bonds is 7. The molecule has 6 N–H and O–H groups in total. The molecule has 5 rings (SSSR count). The Kier molecular flexibility index (Phi) is 8.03. The van der Waals surface area contributed by atoms with Crippen LogP contribution < -0.4 is 16.0 Å². The van der Waals surface area contributed by atoms with Crippen LogP contribution in [0.3, 0.4) is 0 Å². The van der Waals surface area contributed by atoms with Gasteiger partial charge in [0.15, 0.2) is 11.6 Å². The molecule has 232 valence electrons. The van der Waals surface area contributed by atoms with Crippen molar-refractivity contribution in [1.82, 2.24) is 9.80 Å². The standard InChI is InChI=1S/C31H41N5O7/c1-6-9-36-10-7-8-18(36)31(43)33-17-13-19(34(2)3)15-11-14-12-16-22(27(39)20(14)26(38)21(15)25(17)37)28(40)23(30(32)42)29(41)24(16)35(4)5/h13-14,16,18,22,24,37-38,41H,6-12H2,1-5H3,(H2,32,42)(H,33,43)/t14-,16+,18-,22?,24-/m0/s1. The lowest BCUT2D eigenvalue weighted by molar-refractivity contribution is -0.136. The number of phenolic OH excluding ortho intramolecular Hbond substituents is 1. The highest BCUT2D eigenvalue weighted by Crippen LogP contribution is 2.53. The fraction of sp³-hybridized carbons (Fsp3) is 0.548. The summed E-state index contributed by atoms with van der Waals surface area (Å²) in [5, 5.41) is 36.9. The van der Waals surface area contributed by atoms with Crippen LogP contribution in [-0.4, -0.2) is 102 Å². The van der Waals surface area contributed by atoms with Crippen molar-refractivity contribution < 1.29 is 34.5 Å². The van der Waals surface area contributed by atoms with E-state index in [4.69, 9.17) is 5.73 Å². The molecule has 1 unspecified atom stereocenters. The van der Waals surface area contributed by atoms with E-state index in [9.17, 15) is 34.5 Å². The number of allylic oxidation sites excluding steroid dienone is 1. The quantitative estimate of drug-likeness (QED) is 0.177. The molecule has 1 aliphatic heterocycles. The summed E-state index contributed by atoms with van der Waals surface area (Å²) in [6.45, 7) is 3.66. The van der Waals surface area contributed by atoms with Crippen molar-refractivity contribution >= 4 is 40.5 Å². The van der Waals surface area contributed by atoms with Crippen LogP contribution in [-0.2, 0) is 25.6 Å². The van der Waals surface area contributed by atoms with Crippen molar-refractivity contribution in [2.45, 2.75) is 51.1 Å². The number of hydrogen-bond acceptors (Lipinski definition) is 10. The number of aromatic hydroxyl groups is 1. The Morgan fingerprint density at radius 2 is 1.81 bits per heavy atom. The zero-order chi connectivity index (χ0) is 31.5. The minimum atomic E-state index is -1.33. The lowest BCUT2D eigenvalue weighted by Crippen LogP contribution is -2.55. The van der Waals surface area contributed by atoms with Crippen LogP contribution in [0, 0.1) is 17.8 Å². The largest absolute Gasteiger partial charge is 0.510 e. The maximum atomic E-state index is 14.1. The number of carbonyl (C=O) groups is 4. The number of anilines is 2. The molecule has 3 aliphatic carbocycles. The third-order valence-corrected chi connectivity index (χ3v) is 9.46. The van der Waals surface area contributed by atoms with Gasteiger partial charge in [0.05, 0.1) is 29.3 Å². The van der Waals surface area contributed by atoms with Gasteiger partial charge in [-0.2, -0.15) is 0 Å². The number of likely N-dealkylation sites (N-methyl/N-ethyl adjacent to an activating group) is 1. The molecule has 1 aromatic rings. The van der Waals surface area contributed by atoms with Gasteiger partial charge in [0.1, 0.15) is 22.8 Å². The average molecular weight is 596 g/mol. The number of nitrogens with two attached hydrogens (primary N) is 1. The Morgan fingerprint density at radius 3 is 2.42 bits per heavy atom. The fourth-order valence-corrected chi connectivity index (χ4v) is 7.70. The minimum absolute atomic E-state index is 0.00165. The van der Waals surface area contributed by atoms with Crippen molar-refractivity contribution in [2.24, 2.45) is 23.5 Å². The van der Waals surface area contributed by atoms with Crippen molar-refractivity contribution in [3.05, 3.63) is 34.1 Å². The van der Waals surface area contributed by atoms with Gasteiger partial charge in [-0.15, -0.1) is 0 Å². The van der Waals surface area contributed by atoms with Crippen LogP contribution >= 0.6 is 0 Å². The third kappa shape index (κ3) is 4.86. The van der Waals surface area contributed by atoms with E-state index in [1.54, 1.807) is 25.1 Å². The van der Waals surface area contributed by atoms with E-state index in [-0.39, 0.29) is 47.4 Å². The highest BCUT2D eigenvalue weighted by Gasteiger charge is 2.56. The summed E-state index contributed by atoms with van der Waals surface area (Å²) in [5.74, 6) is -6.66. The molecule has 1 saturated carbocycles. The maximum absolute atomic E-state index is 14.1. The van der Waals surface area contributed by atoms with Crippen LogP contribution in [0.1, 0.15) is 43.7 Å². The summed E-state index contributed by atoms with van der Waals surface area (Å²) in [7, 11) is 6.99. The number of carbonyl (C=O) groups excluding carboxylic acids is 4. The summed E-state index contributed by atoms with van der Waals surface area (Å²) >= 11 is 0. The van der Waals surface area contributed by atoms with E-state index in [0.29, 0.717) is 17.7 Å². The number of likely N-dealkylation sites (tertiary alicyclic amines) is 1. The Labute approximate surface area is 250 Å². The van der Waals surface area contributed by atoms with Gasteiger partial charge in [-0.25, -0.2) is 0 Å². The summed E-state index contributed by atoms with van der Waals surface area (Å²) in [6, 6.07) is 0.538. The highest BCUT2D eigenvalue weighted by atomic mass is 16.3. The fourth-order valence-electron chi connectivity index (χ4n) is 7.70. The Hall–Kier alpha value is -3.90. The summed E-state index contributed by atoms with van der Waals surface area (Å²) in [6.07, 6.45) is 3.04. The Morgan fingerprint density at radius 1 is 1.12 bits per heavy atom. The zero-order valence-electron chi connectivity index (χ0n) is 25.3. The highest BCUT2D eigenvalue weighted by molar-refractivity contribution is 6.28. The number of aliphatic hydroxyl groups is 2. The zero-order valence-corrected chi connectivity index (χ0v) is 25.3. The normalized spacial score (nSPS) is 27.3. The lowest BCUT2D eigenvalue weighted by Gasteiger charge is -2.46. The molecule has 12 heteroatoms. The molecule has 1 saturated heterocycles. The van der Waals surface area contributed by atoms with Gasteiger partial charge in [-0.3, -0.25) is 29.0 Å². The van der Waals surface area contributed by atoms with Gasteiger partial charge in [0, 0.05) is 25.4 Å². The number of ketones is 2. The van der Waals surface area contributed by atoms with Crippen LogP contribution in [0.2, 0.25) is 0 Å². The predicted molar refractivity (Wildman–Crippen MR) is 161 cm³/mol. The molecule has 12 nitrogen and oxygen atoms in total. The Balaban J connectivity index is 1.59. The average Bonchev–Trinajstić information content (AvgIpc) is 3.37. The number of nitrogens with zero attached hydrogens (tertiary/aromatic N) is 3. The van der Waals surface area contributed by atoms with E-state index >= 15 is 0 Å². The van der Waals surface area contributed by atoms with E-state index < -0.39 is 58.4 Å². The molecule has 43 heavy (non-hydrogen) atoms. The number of aliphatic hydroxyl groups excluding tert-OH is 2. The van der Waals surface area contributed by atoms with Crippen molar-refractivity contribution in [1.29, 1.82) is 0 Å². The van der Waals surface area contributed by atoms with E-state index in [0.717, 1.165) is 25.9 Å². The summed E-state index contributed by atoms with van der Waals surface area (Å²) in [5.41, 5.74) is 6.26. The molecular weight excluding hydrogens is 554 g/mol. The molecule has 1 heterocycles. The number of nitrogens with one attached hydrogen (secondary N) is 1. The van der Waals surface area contributed by atoms with E-state index in [1.165, 1.54) is 0 Å². The van der Waals surface area contributed by atoms with Gasteiger partial charge in [0.2, 0.25) is 5.91 Å². The van der Waals surface area contributed by atoms with Crippen molar-refractivity contribution in [2.75, 3.05) is 51.5 Å². The number of primary amides is 1. The first-order valence-corrected chi connectivity index (χ1v) is 14.8. The SMILES string of the molecule is CCCN1CCC[C@H]1C(=O)Nc1cc(N(C)C)c2c(c1O)C(O)=C1C(=O)C3C(=O)C(C(N)=O)=C(O)[C@@H](N(C)C)[C@@H]3C[C@@H]1C2.